The van der Waals surface area contributed by atoms with Gasteiger partial charge in [0.2, 0.25) is 0 Å². The molecule has 0 heterocycles. The number of aromatic carboxylic acids is 1. The van der Waals surface area contributed by atoms with Gasteiger partial charge in [0.1, 0.15) is 0 Å². The van der Waals surface area contributed by atoms with E-state index in [-0.39, 0.29) is 11.3 Å². The third-order valence-corrected chi connectivity index (χ3v) is 2.59. The molecule has 0 spiro atoms. The number of nitrogens with one attached hydrogen (secondary N) is 1. The van der Waals surface area contributed by atoms with Crippen molar-refractivity contribution >= 4 is 21.7 Å². The van der Waals surface area contributed by atoms with Crippen LogP contribution in [-0.2, 0) is 10.0 Å². The number of alkyl halides is 2. The number of carboxylic acids is 1. The Balaban J connectivity index is 2.99. The molecule has 16 heavy (non-hydrogen) atoms. The summed E-state index contributed by atoms with van der Waals surface area (Å²) in [6, 6.07) is 4.57. The summed E-state index contributed by atoms with van der Waals surface area (Å²) in [5, 5.41) is 8.59. The molecule has 1 aromatic carbocycles. The zero-order valence-electron chi connectivity index (χ0n) is 7.72. The van der Waals surface area contributed by atoms with E-state index in [1.54, 1.807) is 4.72 Å². The average molecular weight is 251 g/mol. The Morgan fingerprint density at radius 3 is 2.50 bits per heavy atom. The normalized spacial score (nSPS) is 11.4. The first-order valence-corrected chi connectivity index (χ1v) is 5.51. The highest BCUT2D eigenvalue weighted by Gasteiger charge is 2.23. The Kier molecular flexibility index (Phi) is 3.43. The molecule has 0 radical (unpaired) electrons. The van der Waals surface area contributed by atoms with Gasteiger partial charge in [-0.15, -0.1) is 0 Å². The van der Waals surface area contributed by atoms with E-state index in [0.29, 0.717) is 0 Å². The van der Waals surface area contributed by atoms with Crippen LogP contribution in [0, 0.1) is 0 Å². The lowest BCUT2D eigenvalue weighted by molar-refractivity contribution is 0.0697. The summed E-state index contributed by atoms with van der Waals surface area (Å²) in [4.78, 5) is 10.5. The summed E-state index contributed by atoms with van der Waals surface area (Å²) >= 11 is 0. The molecular formula is C8H7F2NO4S. The van der Waals surface area contributed by atoms with Crippen LogP contribution in [0.2, 0.25) is 0 Å². The van der Waals surface area contributed by atoms with Crippen molar-refractivity contribution in [2.45, 2.75) is 5.76 Å². The van der Waals surface area contributed by atoms with E-state index in [0.717, 1.165) is 6.07 Å². The lowest BCUT2D eigenvalue weighted by atomic mass is 10.2. The van der Waals surface area contributed by atoms with Gasteiger partial charge in [-0.05, 0) is 18.2 Å². The first kappa shape index (κ1) is 12.4. The van der Waals surface area contributed by atoms with Crippen molar-refractivity contribution in [1.82, 2.24) is 0 Å². The molecule has 0 aliphatic rings. The largest absolute Gasteiger partial charge is 0.478 e. The van der Waals surface area contributed by atoms with E-state index in [9.17, 15) is 22.0 Å². The van der Waals surface area contributed by atoms with Crippen molar-refractivity contribution in [2.75, 3.05) is 4.72 Å². The third kappa shape index (κ3) is 2.89. The van der Waals surface area contributed by atoms with Gasteiger partial charge in [0, 0.05) is 5.69 Å². The minimum atomic E-state index is -4.77. The topological polar surface area (TPSA) is 83.5 Å². The van der Waals surface area contributed by atoms with E-state index in [2.05, 4.69) is 0 Å². The second-order valence-corrected chi connectivity index (χ2v) is 4.44. The number of carboxylic acid groups (broad SMARTS) is 1. The number of rotatable bonds is 4. The second kappa shape index (κ2) is 4.44. The van der Waals surface area contributed by atoms with Gasteiger partial charge in [0.15, 0.2) is 0 Å². The Bertz CT molecular complexity index is 501. The zero-order valence-corrected chi connectivity index (χ0v) is 8.54. The van der Waals surface area contributed by atoms with Crippen LogP contribution in [0.3, 0.4) is 0 Å². The van der Waals surface area contributed by atoms with E-state index in [4.69, 9.17) is 5.11 Å². The lowest BCUT2D eigenvalue weighted by Crippen LogP contribution is -2.20. The van der Waals surface area contributed by atoms with E-state index < -0.39 is 21.8 Å². The molecule has 2 N–H and O–H groups in total. The Labute approximate surface area is 89.8 Å². The fourth-order valence-electron chi connectivity index (χ4n) is 0.925. The number of hydrogen-bond acceptors (Lipinski definition) is 3. The molecule has 1 rings (SSSR count). The SMILES string of the molecule is O=C(O)c1cccc(NS(=O)(=O)C(F)F)c1. The molecule has 88 valence electrons. The minimum Gasteiger partial charge on any atom is -0.478 e. The number of halogens is 2. The molecule has 5 nitrogen and oxygen atoms in total. The molecule has 0 amide bonds. The highest BCUT2D eigenvalue weighted by atomic mass is 32.2. The second-order valence-electron chi connectivity index (χ2n) is 2.79. The van der Waals surface area contributed by atoms with Gasteiger partial charge in [0.05, 0.1) is 5.56 Å². The Morgan fingerprint density at radius 2 is 2.00 bits per heavy atom. The van der Waals surface area contributed by atoms with Gasteiger partial charge >= 0.3 is 11.7 Å². The minimum absolute atomic E-state index is 0.200. The van der Waals surface area contributed by atoms with Gasteiger partial charge in [-0.1, -0.05) is 6.07 Å². The van der Waals surface area contributed by atoms with Crippen molar-refractivity contribution in [1.29, 1.82) is 0 Å². The van der Waals surface area contributed by atoms with Crippen LogP contribution in [0.5, 0.6) is 0 Å². The summed E-state index contributed by atoms with van der Waals surface area (Å²) in [7, 11) is -4.77. The predicted molar refractivity (Wildman–Crippen MR) is 51.9 cm³/mol. The van der Waals surface area contributed by atoms with Crippen molar-refractivity contribution in [3.8, 4) is 0 Å². The van der Waals surface area contributed by atoms with Gasteiger partial charge < -0.3 is 5.11 Å². The van der Waals surface area contributed by atoms with Gasteiger partial charge in [-0.25, -0.2) is 13.2 Å². The maximum absolute atomic E-state index is 12.0. The first-order valence-electron chi connectivity index (χ1n) is 3.96. The van der Waals surface area contributed by atoms with Crippen LogP contribution >= 0.6 is 0 Å². The molecule has 0 saturated carbocycles. The molecule has 0 unspecified atom stereocenters. The average Bonchev–Trinajstić information content (AvgIpc) is 2.17. The molecular weight excluding hydrogens is 244 g/mol. The Morgan fingerprint density at radius 1 is 1.38 bits per heavy atom. The lowest BCUT2D eigenvalue weighted by Gasteiger charge is -2.07. The molecule has 0 bridgehead atoms. The van der Waals surface area contributed by atoms with E-state index in [1.807, 2.05) is 0 Å². The summed E-state index contributed by atoms with van der Waals surface area (Å²) in [5.74, 6) is -4.85. The molecule has 0 fully saturated rings. The summed E-state index contributed by atoms with van der Waals surface area (Å²) < 4.78 is 47.1. The van der Waals surface area contributed by atoms with Crippen molar-refractivity contribution in [2.24, 2.45) is 0 Å². The van der Waals surface area contributed by atoms with Gasteiger partial charge in [0.25, 0.3) is 10.0 Å². The smallest absolute Gasteiger partial charge is 0.355 e. The zero-order chi connectivity index (χ0) is 12.3. The number of carbonyl (C=O) groups is 1. The molecule has 8 heteroatoms. The third-order valence-electron chi connectivity index (χ3n) is 1.60. The molecule has 1 aromatic rings. The summed E-state index contributed by atoms with van der Waals surface area (Å²) in [5.41, 5.74) is -0.422. The van der Waals surface area contributed by atoms with Crippen LogP contribution in [-0.4, -0.2) is 25.3 Å². The van der Waals surface area contributed by atoms with Crippen molar-refractivity contribution in [3.05, 3.63) is 29.8 Å². The van der Waals surface area contributed by atoms with Gasteiger partial charge in [-0.3, -0.25) is 4.72 Å². The fraction of sp³-hybridized carbons (Fsp3) is 0.125. The van der Waals surface area contributed by atoms with Crippen LogP contribution in [0.1, 0.15) is 10.4 Å². The van der Waals surface area contributed by atoms with Crippen LogP contribution in [0.4, 0.5) is 14.5 Å². The summed E-state index contributed by atoms with van der Waals surface area (Å²) in [6.07, 6.45) is 0. The van der Waals surface area contributed by atoms with Crippen LogP contribution in [0.25, 0.3) is 0 Å². The monoisotopic (exact) mass is 251 g/mol. The van der Waals surface area contributed by atoms with Crippen LogP contribution in [0.15, 0.2) is 24.3 Å². The van der Waals surface area contributed by atoms with E-state index >= 15 is 0 Å². The molecule has 0 aliphatic carbocycles. The number of sulfonamides is 1. The number of hydrogen-bond donors (Lipinski definition) is 2. The number of benzene rings is 1. The quantitative estimate of drug-likeness (QED) is 0.846. The molecule has 0 saturated heterocycles. The standard InChI is InChI=1S/C8H7F2NO4S/c9-8(10)16(14,15)11-6-3-1-2-5(4-6)7(12)13/h1-4,8,11H,(H,12,13). The van der Waals surface area contributed by atoms with Gasteiger partial charge in [-0.2, -0.15) is 8.78 Å². The number of anilines is 1. The molecule has 0 aliphatic heterocycles. The maximum atomic E-state index is 12.0. The maximum Gasteiger partial charge on any atom is 0.355 e. The predicted octanol–water partition coefficient (Wildman–Crippen LogP) is 1.35. The molecule has 0 atom stereocenters. The highest BCUT2D eigenvalue weighted by molar-refractivity contribution is 7.93. The summed E-state index contributed by atoms with van der Waals surface area (Å²) in [6.45, 7) is 0. The van der Waals surface area contributed by atoms with Crippen molar-refractivity contribution < 1.29 is 27.1 Å². The Hall–Kier alpha value is -1.70. The first-order chi connectivity index (χ1) is 7.33. The molecule has 0 aromatic heterocycles. The fourth-order valence-corrected chi connectivity index (χ4v) is 1.47. The van der Waals surface area contributed by atoms with E-state index in [1.165, 1.54) is 18.2 Å². The highest BCUT2D eigenvalue weighted by Crippen LogP contribution is 2.15. The van der Waals surface area contributed by atoms with Crippen LogP contribution < -0.4 is 4.72 Å². The van der Waals surface area contributed by atoms with Crippen molar-refractivity contribution in [3.63, 3.8) is 0 Å².